The number of aliphatic hydroxyl groups is 1. The van der Waals surface area contributed by atoms with Gasteiger partial charge in [0.25, 0.3) is 0 Å². The molecule has 5 heteroatoms. The van der Waals surface area contributed by atoms with Crippen LogP contribution in [0.3, 0.4) is 0 Å². The molecule has 112 valence electrons. The number of hydrogen-bond acceptors (Lipinski definition) is 5. The fourth-order valence-corrected chi connectivity index (χ4v) is 2.14. The molecule has 0 aliphatic carbocycles. The quantitative estimate of drug-likeness (QED) is 0.827. The molecule has 0 saturated heterocycles. The van der Waals surface area contributed by atoms with Crippen LogP contribution in [0.15, 0.2) is 36.4 Å². The van der Waals surface area contributed by atoms with Crippen molar-refractivity contribution in [1.29, 1.82) is 0 Å². The molecule has 0 heterocycles. The average Bonchev–Trinajstić information content (AvgIpc) is 2.53. The molecule has 0 aromatic heterocycles. The topological polar surface area (TPSA) is 73.9 Å². The highest BCUT2D eigenvalue weighted by Gasteiger charge is 2.15. The summed E-state index contributed by atoms with van der Waals surface area (Å²) in [6.07, 6.45) is -0.807. The van der Waals surface area contributed by atoms with E-state index in [1.54, 1.807) is 57.7 Å². The minimum Gasteiger partial charge on any atom is -0.495 e. The van der Waals surface area contributed by atoms with Gasteiger partial charge in [0.1, 0.15) is 11.9 Å². The maximum Gasteiger partial charge on any atom is 0.161 e. The minimum atomic E-state index is -0.807. The molecule has 2 aromatic carbocycles. The molecule has 0 radical (unpaired) electrons. The number of nitrogens with two attached hydrogens (primary N) is 1. The van der Waals surface area contributed by atoms with E-state index in [1.807, 2.05) is 0 Å². The average molecular weight is 289 g/mol. The second-order valence-electron chi connectivity index (χ2n) is 4.52. The lowest BCUT2D eigenvalue weighted by molar-refractivity contribution is 0.219. The Morgan fingerprint density at radius 2 is 1.33 bits per heavy atom. The first-order valence-electron chi connectivity index (χ1n) is 6.44. The Kier molecular flexibility index (Phi) is 4.55. The molecule has 3 N–H and O–H groups in total. The van der Waals surface area contributed by atoms with Crippen LogP contribution >= 0.6 is 0 Å². The van der Waals surface area contributed by atoms with Crippen molar-refractivity contribution in [3.05, 3.63) is 47.5 Å². The predicted octanol–water partition coefficient (Wildman–Crippen LogP) is 2.38. The third-order valence-corrected chi connectivity index (χ3v) is 3.29. The van der Waals surface area contributed by atoms with Crippen molar-refractivity contribution >= 4 is 5.69 Å². The van der Waals surface area contributed by atoms with Crippen molar-refractivity contribution in [1.82, 2.24) is 0 Å². The van der Waals surface area contributed by atoms with Gasteiger partial charge >= 0.3 is 0 Å². The molecule has 0 saturated carbocycles. The van der Waals surface area contributed by atoms with Crippen molar-refractivity contribution in [3.63, 3.8) is 0 Å². The number of aliphatic hydroxyl groups excluding tert-OH is 1. The van der Waals surface area contributed by atoms with Crippen LogP contribution in [0, 0.1) is 0 Å². The first-order valence-corrected chi connectivity index (χ1v) is 6.44. The van der Waals surface area contributed by atoms with Gasteiger partial charge in [-0.2, -0.15) is 0 Å². The summed E-state index contributed by atoms with van der Waals surface area (Å²) in [5.74, 6) is 1.76. The van der Waals surface area contributed by atoms with E-state index in [0.29, 0.717) is 34.1 Å². The summed E-state index contributed by atoms with van der Waals surface area (Å²) in [6, 6.07) is 10.5. The van der Waals surface area contributed by atoms with Crippen LogP contribution in [0.1, 0.15) is 17.2 Å². The monoisotopic (exact) mass is 289 g/mol. The molecular formula is C16H19NO4. The van der Waals surface area contributed by atoms with Gasteiger partial charge < -0.3 is 25.1 Å². The molecule has 2 rings (SSSR count). The molecule has 2 aromatic rings. The molecule has 0 amide bonds. The van der Waals surface area contributed by atoms with Crippen LogP contribution in [0.4, 0.5) is 5.69 Å². The zero-order chi connectivity index (χ0) is 15.4. The van der Waals surface area contributed by atoms with Gasteiger partial charge in [0.15, 0.2) is 11.5 Å². The van der Waals surface area contributed by atoms with E-state index in [4.69, 9.17) is 19.9 Å². The normalized spacial score (nSPS) is 11.8. The summed E-state index contributed by atoms with van der Waals surface area (Å²) >= 11 is 0. The van der Waals surface area contributed by atoms with Crippen LogP contribution in [0.2, 0.25) is 0 Å². The lowest BCUT2D eigenvalue weighted by Crippen LogP contribution is -2.02. The molecule has 21 heavy (non-hydrogen) atoms. The Morgan fingerprint density at radius 3 is 1.86 bits per heavy atom. The van der Waals surface area contributed by atoms with Crippen molar-refractivity contribution in [2.24, 2.45) is 0 Å². The molecule has 0 aliphatic heterocycles. The Balaban J connectivity index is 2.35. The Labute approximate surface area is 123 Å². The molecule has 0 unspecified atom stereocenters. The Morgan fingerprint density at radius 1 is 0.810 bits per heavy atom. The van der Waals surface area contributed by atoms with Gasteiger partial charge in [-0.15, -0.1) is 0 Å². The lowest BCUT2D eigenvalue weighted by atomic mass is 10.0. The molecule has 0 aliphatic rings. The zero-order valence-corrected chi connectivity index (χ0v) is 12.3. The van der Waals surface area contributed by atoms with Crippen LogP contribution in [0.25, 0.3) is 0 Å². The number of ether oxygens (including phenoxy) is 3. The van der Waals surface area contributed by atoms with Crippen LogP contribution < -0.4 is 19.9 Å². The Hall–Kier alpha value is -2.40. The van der Waals surface area contributed by atoms with Gasteiger partial charge in [-0.05, 0) is 35.4 Å². The maximum atomic E-state index is 10.5. The highest BCUT2D eigenvalue weighted by atomic mass is 16.5. The smallest absolute Gasteiger partial charge is 0.161 e. The Bertz CT molecular complexity index is 628. The molecular weight excluding hydrogens is 270 g/mol. The third-order valence-electron chi connectivity index (χ3n) is 3.29. The van der Waals surface area contributed by atoms with Crippen LogP contribution in [-0.2, 0) is 0 Å². The summed E-state index contributed by atoms with van der Waals surface area (Å²) < 4.78 is 15.5. The number of hydrogen-bond donors (Lipinski definition) is 2. The zero-order valence-electron chi connectivity index (χ0n) is 12.3. The van der Waals surface area contributed by atoms with E-state index in [0.717, 1.165) is 0 Å². The fraction of sp³-hybridized carbons (Fsp3) is 0.250. The van der Waals surface area contributed by atoms with Gasteiger partial charge in [-0.3, -0.25) is 0 Å². The summed E-state index contributed by atoms with van der Waals surface area (Å²) in [4.78, 5) is 0. The first kappa shape index (κ1) is 15.0. The molecule has 1 atom stereocenters. The second-order valence-corrected chi connectivity index (χ2v) is 4.52. The van der Waals surface area contributed by atoms with Gasteiger partial charge in [0, 0.05) is 0 Å². The van der Waals surface area contributed by atoms with E-state index in [2.05, 4.69) is 0 Å². The highest BCUT2D eigenvalue weighted by molar-refractivity contribution is 5.56. The van der Waals surface area contributed by atoms with Crippen LogP contribution in [0.5, 0.6) is 17.2 Å². The van der Waals surface area contributed by atoms with Crippen molar-refractivity contribution in [2.75, 3.05) is 27.1 Å². The summed E-state index contributed by atoms with van der Waals surface area (Å²) in [7, 11) is 4.67. The number of nitrogen functional groups attached to an aromatic ring is 1. The second kappa shape index (κ2) is 6.37. The number of benzene rings is 2. The third kappa shape index (κ3) is 3.03. The van der Waals surface area contributed by atoms with Gasteiger partial charge in [-0.1, -0.05) is 12.1 Å². The van der Waals surface area contributed by atoms with E-state index in [1.165, 1.54) is 0 Å². The highest BCUT2D eigenvalue weighted by Crippen LogP contribution is 2.33. The largest absolute Gasteiger partial charge is 0.495 e. The molecule has 5 nitrogen and oxygen atoms in total. The van der Waals surface area contributed by atoms with Gasteiger partial charge in [0.2, 0.25) is 0 Å². The van der Waals surface area contributed by atoms with E-state index in [-0.39, 0.29) is 0 Å². The first-order chi connectivity index (χ1) is 10.1. The van der Waals surface area contributed by atoms with E-state index in [9.17, 15) is 5.11 Å². The van der Waals surface area contributed by atoms with Crippen molar-refractivity contribution < 1.29 is 19.3 Å². The van der Waals surface area contributed by atoms with Gasteiger partial charge in [-0.25, -0.2) is 0 Å². The summed E-state index contributed by atoms with van der Waals surface area (Å²) in [6.45, 7) is 0. The summed E-state index contributed by atoms with van der Waals surface area (Å²) in [5, 5.41) is 10.5. The fourth-order valence-electron chi connectivity index (χ4n) is 2.14. The lowest BCUT2D eigenvalue weighted by Gasteiger charge is -2.15. The van der Waals surface area contributed by atoms with Crippen molar-refractivity contribution in [2.45, 2.75) is 6.10 Å². The predicted molar refractivity (Wildman–Crippen MR) is 81.0 cm³/mol. The number of rotatable bonds is 5. The number of methoxy groups -OCH3 is 3. The molecule has 0 fully saturated rings. The van der Waals surface area contributed by atoms with E-state index >= 15 is 0 Å². The standard InChI is InChI=1S/C16H19NO4/c1-19-13-6-4-10(8-12(13)17)16(18)11-5-7-14(20-2)15(9-11)21-3/h4-9,16,18H,17H2,1-3H3/t16-/m1/s1. The SMILES string of the molecule is COc1ccc([C@@H](O)c2ccc(OC)c(OC)c2)cc1N. The number of anilines is 1. The minimum absolute atomic E-state index is 0.481. The van der Waals surface area contributed by atoms with E-state index < -0.39 is 6.10 Å². The summed E-state index contributed by atoms with van der Waals surface area (Å²) in [5.41, 5.74) is 7.72. The maximum absolute atomic E-state index is 10.5. The molecule has 0 bridgehead atoms. The molecule has 0 spiro atoms. The van der Waals surface area contributed by atoms with Gasteiger partial charge in [0.05, 0.1) is 27.0 Å². The van der Waals surface area contributed by atoms with Crippen LogP contribution in [-0.4, -0.2) is 26.4 Å². The van der Waals surface area contributed by atoms with Crippen molar-refractivity contribution in [3.8, 4) is 17.2 Å².